The fourth-order valence-corrected chi connectivity index (χ4v) is 1.90. The van der Waals surface area contributed by atoms with Crippen molar-refractivity contribution in [1.82, 2.24) is 9.78 Å². The largest absolute Gasteiger partial charge is 0.379 e. The first-order valence-corrected chi connectivity index (χ1v) is 5.98. The smallest absolute Gasteiger partial charge is 0.0815 e. The van der Waals surface area contributed by atoms with Crippen LogP contribution in [0.2, 0.25) is 0 Å². The standard InChI is InChI=1S/C14H19N3/c1-11(2)13-6-4-5-7-14(13)15-10-12-8-9-17(3)16-12/h4-9,11,15H,10H2,1-3H3. The fourth-order valence-electron chi connectivity index (χ4n) is 1.90. The molecule has 0 amide bonds. The van der Waals surface area contributed by atoms with E-state index in [1.807, 2.05) is 24.0 Å². The molecule has 2 rings (SSSR count). The summed E-state index contributed by atoms with van der Waals surface area (Å²) in [7, 11) is 1.94. The zero-order valence-electron chi connectivity index (χ0n) is 10.6. The zero-order chi connectivity index (χ0) is 12.3. The number of aromatic nitrogens is 2. The highest BCUT2D eigenvalue weighted by atomic mass is 15.3. The van der Waals surface area contributed by atoms with Crippen LogP contribution in [0.4, 0.5) is 5.69 Å². The number of para-hydroxylation sites is 1. The van der Waals surface area contributed by atoms with Crippen molar-refractivity contribution in [2.45, 2.75) is 26.3 Å². The molecule has 0 aliphatic rings. The first-order chi connectivity index (χ1) is 8.16. The highest BCUT2D eigenvalue weighted by molar-refractivity contribution is 5.52. The minimum Gasteiger partial charge on any atom is -0.379 e. The molecule has 0 bridgehead atoms. The lowest BCUT2D eigenvalue weighted by Gasteiger charge is -2.13. The van der Waals surface area contributed by atoms with Crippen molar-refractivity contribution >= 4 is 5.69 Å². The van der Waals surface area contributed by atoms with Gasteiger partial charge in [-0.25, -0.2) is 0 Å². The minimum atomic E-state index is 0.530. The Hall–Kier alpha value is -1.77. The van der Waals surface area contributed by atoms with Crippen LogP contribution in [0.15, 0.2) is 36.5 Å². The Labute approximate surface area is 102 Å². The van der Waals surface area contributed by atoms with Gasteiger partial charge in [0.1, 0.15) is 0 Å². The van der Waals surface area contributed by atoms with Gasteiger partial charge in [0.2, 0.25) is 0 Å². The van der Waals surface area contributed by atoms with E-state index in [0.29, 0.717) is 5.92 Å². The SMILES string of the molecule is CC(C)c1ccccc1NCc1ccn(C)n1. The minimum absolute atomic E-state index is 0.530. The monoisotopic (exact) mass is 229 g/mol. The molecule has 0 unspecified atom stereocenters. The van der Waals surface area contributed by atoms with E-state index < -0.39 is 0 Å². The molecule has 0 saturated carbocycles. The van der Waals surface area contributed by atoms with Crippen molar-refractivity contribution < 1.29 is 0 Å². The topological polar surface area (TPSA) is 29.9 Å². The average molecular weight is 229 g/mol. The van der Waals surface area contributed by atoms with Gasteiger partial charge in [0.15, 0.2) is 0 Å². The molecule has 0 aliphatic heterocycles. The van der Waals surface area contributed by atoms with Crippen LogP contribution in [0, 0.1) is 0 Å². The predicted molar refractivity (Wildman–Crippen MR) is 71.1 cm³/mol. The van der Waals surface area contributed by atoms with Gasteiger partial charge in [0.25, 0.3) is 0 Å². The molecule has 17 heavy (non-hydrogen) atoms. The van der Waals surface area contributed by atoms with Gasteiger partial charge in [0.05, 0.1) is 12.2 Å². The van der Waals surface area contributed by atoms with Crippen LogP contribution >= 0.6 is 0 Å². The van der Waals surface area contributed by atoms with E-state index >= 15 is 0 Å². The summed E-state index contributed by atoms with van der Waals surface area (Å²) in [6.07, 6.45) is 1.96. The van der Waals surface area contributed by atoms with Gasteiger partial charge in [-0.1, -0.05) is 32.0 Å². The highest BCUT2D eigenvalue weighted by Crippen LogP contribution is 2.23. The zero-order valence-corrected chi connectivity index (χ0v) is 10.6. The summed E-state index contributed by atoms with van der Waals surface area (Å²) in [5.41, 5.74) is 3.61. The van der Waals surface area contributed by atoms with Crippen LogP contribution in [-0.2, 0) is 13.6 Å². The van der Waals surface area contributed by atoms with Gasteiger partial charge >= 0.3 is 0 Å². The van der Waals surface area contributed by atoms with Crippen LogP contribution < -0.4 is 5.32 Å². The predicted octanol–water partition coefficient (Wildman–Crippen LogP) is 3.16. The maximum absolute atomic E-state index is 4.35. The van der Waals surface area contributed by atoms with Gasteiger partial charge in [-0.3, -0.25) is 4.68 Å². The van der Waals surface area contributed by atoms with Gasteiger partial charge < -0.3 is 5.32 Å². The van der Waals surface area contributed by atoms with E-state index in [0.717, 1.165) is 12.2 Å². The van der Waals surface area contributed by atoms with Crippen LogP contribution in [0.5, 0.6) is 0 Å². The second-order valence-corrected chi connectivity index (χ2v) is 4.58. The van der Waals surface area contributed by atoms with Crippen LogP contribution in [-0.4, -0.2) is 9.78 Å². The Morgan fingerprint density at radius 1 is 1.24 bits per heavy atom. The Morgan fingerprint density at radius 3 is 2.65 bits per heavy atom. The fraction of sp³-hybridized carbons (Fsp3) is 0.357. The molecule has 0 aliphatic carbocycles. The first-order valence-electron chi connectivity index (χ1n) is 5.98. The number of nitrogens with zero attached hydrogens (tertiary/aromatic N) is 2. The van der Waals surface area contributed by atoms with E-state index in [1.54, 1.807) is 0 Å². The van der Waals surface area contributed by atoms with E-state index in [-0.39, 0.29) is 0 Å². The number of hydrogen-bond acceptors (Lipinski definition) is 2. The van der Waals surface area contributed by atoms with E-state index in [9.17, 15) is 0 Å². The normalized spacial score (nSPS) is 10.8. The van der Waals surface area contributed by atoms with Gasteiger partial charge in [0, 0.05) is 18.9 Å². The van der Waals surface area contributed by atoms with Crippen molar-refractivity contribution in [3.05, 3.63) is 47.8 Å². The lowest BCUT2D eigenvalue weighted by atomic mass is 10.0. The van der Waals surface area contributed by atoms with E-state index in [4.69, 9.17) is 0 Å². The number of anilines is 1. The summed E-state index contributed by atoms with van der Waals surface area (Å²) in [4.78, 5) is 0. The summed E-state index contributed by atoms with van der Waals surface area (Å²) < 4.78 is 1.82. The third kappa shape index (κ3) is 2.87. The maximum Gasteiger partial charge on any atom is 0.0815 e. The van der Waals surface area contributed by atoms with Crippen molar-refractivity contribution in [1.29, 1.82) is 0 Å². The van der Waals surface area contributed by atoms with Crippen molar-refractivity contribution in [3.8, 4) is 0 Å². The van der Waals surface area contributed by atoms with Gasteiger partial charge in [-0.05, 0) is 23.6 Å². The Balaban J connectivity index is 2.08. The molecule has 1 aromatic carbocycles. The molecule has 2 aromatic rings. The lowest BCUT2D eigenvalue weighted by molar-refractivity contribution is 0.747. The summed E-state index contributed by atoms with van der Waals surface area (Å²) in [6, 6.07) is 10.5. The van der Waals surface area contributed by atoms with Crippen LogP contribution in [0.25, 0.3) is 0 Å². The number of rotatable bonds is 4. The third-order valence-corrected chi connectivity index (χ3v) is 2.81. The van der Waals surface area contributed by atoms with Gasteiger partial charge in [-0.15, -0.1) is 0 Å². The molecule has 1 aromatic heterocycles. The number of benzene rings is 1. The lowest BCUT2D eigenvalue weighted by Crippen LogP contribution is -2.04. The number of hydrogen-bond donors (Lipinski definition) is 1. The van der Waals surface area contributed by atoms with Gasteiger partial charge in [-0.2, -0.15) is 5.10 Å². The highest BCUT2D eigenvalue weighted by Gasteiger charge is 2.05. The molecule has 0 fully saturated rings. The summed E-state index contributed by atoms with van der Waals surface area (Å²) >= 11 is 0. The maximum atomic E-state index is 4.35. The molecule has 0 atom stereocenters. The van der Waals surface area contributed by atoms with Crippen LogP contribution in [0.3, 0.4) is 0 Å². The molecular formula is C14H19N3. The molecule has 0 radical (unpaired) electrons. The number of nitrogens with one attached hydrogen (secondary N) is 1. The Morgan fingerprint density at radius 2 is 2.00 bits per heavy atom. The first kappa shape index (κ1) is 11.7. The van der Waals surface area contributed by atoms with Crippen LogP contribution in [0.1, 0.15) is 31.0 Å². The third-order valence-electron chi connectivity index (χ3n) is 2.81. The molecule has 3 heteroatoms. The summed E-state index contributed by atoms with van der Waals surface area (Å²) in [6.45, 7) is 5.19. The van der Waals surface area contributed by atoms with Crippen molar-refractivity contribution in [2.24, 2.45) is 7.05 Å². The van der Waals surface area contributed by atoms with Crippen molar-refractivity contribution in [2.75, 3.05) is 5.32 Å². The molecule has 0 saturated heterocycles. The molecular weight excluding hydrogens is 210 g/mol. The molecule has 3 nitrogen and oxygen atoms in total. The molecule has 1 heterocycles. The Bertz CT molecular complexity index is 486. The molecule has 1 N–H and O–H groups in total. The number of aryl methyl sites for hydroxylation is 1. The average Bonchev–Trinajstić information content (AvgIpc) is 2.73. The second-order valence-electron chi connectivity index (χ2n) is 4.58. The summed E-state index contributed by atoms with van der Waals surface area (Å²) in [5.74, 6) is 0.530. The summed E-state index contributed by atoms with van der Waals surface area (Å²) in [5, 5.41) is 7.80. The van der Waals surface area contributed by atoms with E-state index in [2.05, 4.69) is 48.5 Å². The Kier molecular flexibility index (Phi) is 3.47. The van der Waals surface area contributed by atoms with Crippen molar-refractivity contribution in [3.63, 3.8) is 0 Å². The van der Waals surface area contributed by atoms with E-state index in [1.165, 1.54) is 11.3 Å². The molecule has 0 spiro atoms. The quantitative estimate of drug-likeness (QED) is 0.872. The molecule has 90 valence electrons. The second kappa shape index (κ2) is 5.04.